The fourth-order valence-corrected chi connectivity index (χ4v) is 3.09. The van der Waals surface area contributed by atoms with Crippen molar-refractivity contribution in [2.24, 2.45) is 5.73 Å². The largest absolute Gasteiger partial charge is 0.491 e. The van der Waals surface area contributed by atoms with Gasteiger partial charge in [-0.1, -0.05) is 48.1 Å². The van der Waals surface area contributed by atoms with Crippen LogP contribution in [0.15, 0.2) is 42.5 Å². The highest BCUT2D eigenvalue weighted by atomic mass is 35.5. The maximum absolute atomic E-state index is 6.26. The van der Waals surface area contributed by atoms with E-state index in [9.17, 15) is 0 Å². The van der Waals surface area contributed by atoms with Gasteiger partial charge >= 0.3 is 0 Å². The zero-order chi connectivity index (χ0) is 14.8. The molecule has 2 aromatic carbocycles. The van der Waals surface area contributed by atoms with Crippen molar-refractivity contribution in [1.29, 1.82) is 0 Å². The zero-order valence-corrected chi connectivity index (χ0v) is 13.0. The molecular weight excluding hydrogens is 304 g/mol. The quantitative estimate of drug-likeness (QED) is 0.862. The third kappa shape index (κ3) is 2.82. The molecular formula is C16H15ClN2OS. The van der Waals surface area contributed by atoms with Gasteiger partial charge in [-0.3, -0.25) is 0 Å². The van der Waals surface area contributed by atoms with Crippen LogP contribution in [-0.4, -0.2) is 18.1 Å². The Kier molecular flexibility index (Phi) is 3.99. The fourth-order valence-electron chi connectivity index (χ4n) is 2.55. The van der Waals surface area contributed by atoms with Crippen molar-refractivity contribution in [2.75, 3.05) is 18.1 Å². The van der Waals surface area contributed by atoms with Gasteiger partial charge in [0.1, 0.15) is 17.3 Å². The second kappa shape index (κ2) is 5.92. The summed E-state index contributed by atoms with van der Waals surface area (Å²) in [5, 5.41) is 0.582. The van der Waals surface area contributed by atoms with E-state index in [4.69, 9.17) is 34.3 Å². The number of thiocarbonyl (C=S) groups is 1. The molecule has 0 bridgehead atoms. The Bertz CT molecular complexity index is 690. The number of hydrogen-bond donors (Lipinski definition) is 1. The highest BCUT2D eigenvalue weighted by Gasteiger charge is 2.19. The van der Waals surface area contributed by atoms with Crippen LogP contribution in [0.25, 0.3) is 0 Å². The molecule has 0 unspecified atom stereocenters. The second-order valence-corrected chi connectivity index (χ2v) is 5.72. The van der Waals surface area contributed by atoms with Crippen LogP contribution in [0.3, 0.4) is 0 Å². The molecule has 0 radical (unpaired) electrons. The van der Waals surface area contributed by atoms with E-state index >= 15 is 0 Å². The monoisotopic (exact) mass is 318 g/mol. The van der Waals surface area contributed by atoms with Crippen molar-refractivity contribution >= 4 is 34.5 Å². The third-order valence-corrected chi connectivity index (χ3v) is 4.05. The maximum Gasteiger partial charge on any atom is 0.124 e. The first-order valence-corrected chi connectivity index (χ1v) is 7.49. The molecule has 3 nitrogen and oxygen atoms in total. The number of para-hydroxylation sites is 1. The minimum atomic E-state index is 0.314. The summed E-state index contributed by atoms with van der Waals surface area (Å²) in [7, 11) is 0. The smallest absolute Gasteiger partial charge is 0.124 e. The normalized spacial score (nSPS) is 14.0. The molecule has 0 saturated heterocycles. The van der Waals surface area contributed by atoms with Gasteiger partial charge < -0.3 is 15.4 Å². The van der Waals surface area contributed by atoms with E-state index in [1.807, 2.05) is 36.4 Å². The lowest BCUT2D eigenvalue weighted by molar-refractivity contribution is 0.331. The molecule has 0 aromatic heterocycles. The molecule has 5 heteroatoms. The van der Waals surface area contributed by atoms with Crippen LogP contribution in [0.1, 0.15) is 11.1 Å². The predicted molar refractivity (Wildman–Crippen MR) is 90.3 cm³/mol. The highest BCUT2D eigenvalue weighted by molar-refractivity contribution is 7.80. The van der Waals surface area contributed by atoms with Gasteiger partial charge in [-0.25, -0.2) is 0 Å². The molecule has 0 atom stereocenters. The van der Waals surface area contributed by atoms with Crippen molar-refractivity contribution in [3.8, 4) is 5.75 Å². The molecule has 0 spiro atoms. The fraction of sp³-hybridized carbons (Fsp3) is 0.188. The Morgan fingerprint density at radius 3 is 2.81 bits per heavy atom. The Balaban J connectivity index is 2.02. The van der Waals surface area contributed by atoms with E-state index in [-0.39, 0.29) is 0 Å². The van der Waals surface area contributed by atoms with Gasteiger partial charge in [-0.2, -0.15) is 0 Å². The minimum Gasteiger partial charge on any atom is -0.491 e. The lowest BCUT2D eigenvalue weighted by atomic mass is 10.1. The van der Waals surface area contributed by atoms with E-state index in [1.54, 1.807) is 0 Å². The van der Waals surface area contributed by atoms with Crippen molar-refractivity contribution < 1.29 is 4.74 Å². The van der Waals surface area contributed by atoms with Crippen LogP contribution in [-0.2, 0) is 6.54 Å². The van der Waals surface area contributed by atoms with Gasteiger partial charge in [0, 0.05) is 17.8 Å². The molecule has 1 aliphatic heterocycles. The Morgan fingerprint density at radius 1 is 1.19 bits per heavy atom. The first-order chi connectivity index (χ1) is 10.2. The molecule has 21 heavy (non-hydrogen) atoms. The van der Waals surface area contributed by atoms with Crippen LogP contribution in [0, 0.1) is 0 Å². The Labute approximate surface area is 134 Å². The summed E-state index contributed by atoms with van der Waals surface area (Å²) >= 11 is 11.4. The number of anilines is 1. The van der Waals surface area contributed by atoms with Crippen LogP contribution in [0.2, 0.25) is 5.02 Å². The maximum atomic E-state index is 6.26. The molecule has 1 heterocycles. The first-order valence-electron chi connectivity index (χ1n) is 6.71. The summed E-state index contributed by atoms with van der Waals surface area (Å²) < 4.78 is 5.79. The number of nitrogens with two attached hydrogens (primary N) is 1. The van der Waals surface area contributed by atoms with E-state index in [1.165, 1.54) is 0 Å². The van der Waals surface area contributed by atoms with Crippen molar-refractivity contribution in [3.05, 3.63) is 58.6 Å². The summed E-state index contributed by atoms with van der Waals surface area (Å²) in [4.78, 5) is 2.51. The lowest BCUT2D eigenvalue weighted by Gasteiger charge is -2.25. The number of nitrogens with zero attached hydrogens (tertiary/aromatic N) is 1. The molecule has 0 saturated carbocycles. The molecule has 1 aliphatic rings. The Hall–Kier alpha value is -1.78. The van der Waals surface area contributed by atoms with Gasteiger partial charge in [0.2, 0.25) is 0 Å². The molecule has 0 aliphatic carbocycles. The van der Waals surface area contributed by atoms with Crippen LogP contribution >= 0.6 is 23.8 Å². The average Bonchev–Trinajstić information content (AvgIpc) is 2.68. The first kappa shape index (κ1) is 14.2. The van der Waals surface area contributed by atoms with Crippen molar-refractivity contribution in [1.82, 2.24) is 0 Å². The molecule has 108 valence electrons. The summed E-state index contributed by atoms with van der Waals surface area (Å²) in [5.41, 5.74) is 8.67. The van der Waals surface area contributed by atoms with Crippen LogP contribution in [0.4, 0.5) is 5.69 Å². The SMILES string of the molecule is NC(=S)c1c(Cl)cccc1N1CCOc2ccccc2C1. The molecule has 2 N–H and O–H groups in total. The molecule has 3 rings (SSSR count). The number of fused-ring (bicyclic) bond motifs is 1. The van der Waals surface area contributed by atoms with Gasteiger partial charge in [-0.15, -0.1) is 0 Å². The van der Waals surface area contributed by atoms with Gasteiger partial charge in [0.05, 0.1) is 17.1 Å². The van der Waals surface area contributed by atoms with Gasteiger partial charge in [0.25, 0.3) is 0 Å². The van der Waals surface area contributed by atoms with Crippen LogP contribution < -0.4 is 15.4 Å². The van der Waals surface area contributed by atoms with Crippen molar-refractivity contribution in [2.45, 2.75) is 6.54 Å². The number of benzene rings is 2. The number of hydrogen-bond acceptors (Lipinski definition) is 3. The molecule has 0 fully saturated rings. The third-order valence-electron chi connectivity index (χ3n) is 3.53. The summed E-state index contributed by atoms with van der Waals surface area (Å²) in [6.07, 6.45) is 0. The standard InChI is InChI=1S/C16H15ClN2OS/c17-12-5-3-6-13(15(12)16(18)21)19-8-9-20-14-7-2-1-4-11(14)10-19/h1-7H,8-10H2,(H2,18,21). The van der Waals surface area contributed by atoms with E-state index in [0.29, 0.717) is 16.6 Å². The van der Waals surface area contributed by atoms with E-state index in [2.05, 4.69) is 11.0 Å². The summed E-state index contributed by atoms with van der Waals surface area (Å²) in [6.45, 7) is 2.11. The second-order valence-electron chi connectivity index (χ2n) is 4.88. The number of rotatable bonds is 2. The highest BCUT2D eigenvalue weighted by Crippen LogP contribution is 2.31. The van der Waals surface area contributed by atoms with Crippen LogP contribution in [0.5, 0.6) is 5.75 Å². The number of halogens is 1. The summed E-state index contributed by atoms with van der Waals surface area (Å²) in [5.74, 6) is 0.930. The van der Waals surface area contributed by atoms with Gasteiger partial charge in [0.15, 0.2) is 0 Å². The average molecular weight is 319 g/mol. The topological polar surface area (TPSA) is 38.5 Å². The van der Waals surface area contributed by atoms with Crippen molar-refractivity contribution in [3.63, 3.8) is 0 Å². The zero-order valence-electron chi connectivity index (χ0n) is 11.4. The van der Waals surface area contributed by atoms with E-state index < -0.39 is 0 Å². The predicted octanol–water partition coefficient (Wildman–Crippen LogP) is 3.37. The summed E-state index contributed by atoms with van der Waals surface area (Å²) in [6, 6.07) is 13.8. The molecule has 0 amide bonds. The van der Waals surface area contributed by atoms with Gasteiger partial charge in [-0.05, 0) is 18.2 Å². The lowest BCUT2D eigenvalue weighted by Crippen LogP contribution is -2.28. The van der Waals surface area contributed by atoms with E-state index in [0.717, 1.165) is 35.7 Å². The minimum absolute atomic E-state index is 0.314. The number of ether oxygens (including phenoxy) is 1. The Morgan fingerprint density at radius 2 is 2.00 bits per heavy atom. The molecule has 2 aromatic rings.